The molecule has 0 aliphatic heterocycles. The van der Waals surface area contributed by atoms with Gasteiger partial charge in [-0.1, -0.05) is 6.07 Å². The van der Waals surface area contributed by atoms with E-state index in [0.717, 1.165) is 11.6 Å². The van der Waals surface area contributed by atoms with Crippen molar-refractivity contribution in [3.05, 3.63) is 53.6 Å². The van der Waals surface area contributed by atoms with Gasteiger partial charge in [-0.05, 0) is 23.8 Å². The van der Waals surface area contributed by atoms with Crippen LogP contribution in [0.4, 0.5) is 4.39 Å². The zero-order valence-electron chi connectivity index (χ0n) is 10.8. The number of nitrogens with zero attached hydrogens (tertiary/aromatic N) is 2. The average molecular weight is 276 g/mol. The molecule has 0 amide bonds. The molecular weight excluding hydrogens is 263 g/mol. The summed E-state index contributed by atoms with van der Waals surface area (Å²) < 4.78 is 20.7. The molecule has 104 valence electrons. The van der Waals surface area contributed by atoms with Crippen LogP contribution in [-0.2, 0) is 18.4 Å². The van der Waals surface area contributed by atoms with Gasteiger partial charge in [0.2, 0.25) is 0 Å². The fourth-order valence-electron chi connectivity index (χ4n) is 1.61. The van der Waals surface area contributed by atoms with Gasteiger partial charge >= 0.3 is 5.97 Å². The van der Waals surface area contributed by atoms with Gasteiger partial charge in [0.15, 0.2) is 11.6 Å². The third-order valence-corrected chi connectivity index (χ3v) is 2.53. The van der Waals surface area contributed by atoms with Crippen molar-refractivity contribution in [3.63, 3.8) is 0 Å². The molecule has 0 unspecified atom stereocenters. The van der Waals surface area contributed by atoms with Crippen LogP contribution in [-0.4, -0.2) is 20.9 Å². The molecule has 0 fully saturated rings. The number of carboxylic acid groups (broad SMARTS) is 1. The Morgan fingerprint density at radius 2 is 2.35 bits per heavy atom. The Balaban J connectivity index is 2.04. The summed E-state index contributed by atoms with van der Waals surface area (Å²) in [5.74, 6) is -1.51. The summed E-state index contributed by atoms with van der Waals surface area (Å²) >= 11 is 0. The van der Waals surface area contributed by atoms with Gasteiger partial charge in [0.05, 0.1) is 6.20 Å². The van der Waals surface area contributed by atoms with Crippen LogP contribution in [0.5, 0.6) is 5.75 Å². The number of carbonyl (C=O) groups is 1. The lowest BCUT2D eigenvalue weighted by Gasteiger charge is -2.06. The first-order valence-electron chi connectivity index (χ1n) is 5.85. The minimum Gasteiger partial charge on any atom is -0.486 e. The van der Waals surface area contributed by atoms with Crippen molar-refractivity contribution in [3.8, 4) is 5.75 Å². The minimum absolute atomic E-state index is 0.112. The van der Waals surface area contributed by atoms with Crippen molar-refractivity contribution in [1.29, 1.82) is 0 Å². The molecule has 0 bridgehead atoms. The number of carboxylic acids is 1. The van der Waals surface area contributed by atoms with Crippen molar-refractivity contribution in [2.45, 2.75) is 6.61 Å². The van der Waals surface area contributed by atoms with E-state index in [1.165, 1.54) is 18.2 Å². The van der Waals surface area contributed by atoms with Gasteiger partial charge in [-0.15, -0.1) is 0 Å². The number of aliphatic carboxylic acids is 1. The molecule has 0 radical (unpaired) electrons. The number of aromatic nitrogens is 2. The zero-order valence-corrected chi connectivity index (χ0v) is 10.8. The van der Waals surface area contributed by atoms with Crippen LogP contribution in [0.1, 0.15) is 11.1 Å². The molecule has 1 aromatic carbocycles. The third-order valence-electron chi connectivity index (χ3n) is 2.53. The number of aryl methyl sites for hydroxylation is 1. The zero-order chi connectivity index (χ0) is 14.5. The average Bonchev–Trinajstić information content (AvgIpc) is 2.81. The van der Waals surface area contributed by atoms with Gasteiger partial charge in [-0.2, -0.15) is 5.10 Å². The van der Waals surface area contributed by atoms with Gasteiger partial charge in [0.1, 0.15) is 6.61 Å². The highest BCUT2D eigenvalue weighted by molar-refractivity contribution is 5.85. The van der Waals surface area contributed by atoms with Crippen LogP contribution in [0.2, 0.25) is 0 Å². The highest BCUT2D eigenvalue weighted by atomic mass is 19.1. The van der Waals surface area contributed by atoms with Crippen molar-refractivity contribution >= 4 is 12.0 Å². The summed E-state index contributed by atoms with van der Waals surface area (Å²) in [6.07, 6.45) is 5.69. The Morgan fingerprint density at radius 3 is 2.95 bits per heavy atom. The molecule has 1 heterocycles. The first-order chi connectivity index (χ1) is 9.54. The molecule has 6 heteroatoms. The Hall–Kier alpha value is -2.63. The number of ether oxygens (including phenoxy) is 1. The smallest absolute Gasteiger partial charge is 0.328 e. The van der Waals surface area contributed by atoms with Crippen LogP contribution >= 0.6 is 0 Å². The fraction of sp³-hybridized carbons (Fsp3) is 0.143. The normalized spacial score (nSPS) is 10.9. The minimum atomic E-state index is -1.08. The summed E-state index contributed by atoms with van der Waals surface area (Å²) in [5, 5.41) is 12.5. The number of benzene rings is 1. The molecule has 0 aliphatic rings. The maximum Gasteiger partial charge on any atom is 0.328 e. The second kappa shape index (κ2) is 6.01. The molecule has 0 aliphatic carbocycles. The highest BCUT2D eigenvalue weighted by Gasteiger charge is 2.05. The first kappa shape index (κ1) is 13.8. The quantitative estimate of drug-likeness (QED) is 0.851. The predicted molar refractivity (Wildman–Crippen MR) is 70.6 cm³/mol. The van der Waals surface area contributed by atoms with Crippen LogP contribution < -0.4 is 4.74 Å². The maximum atomic E-state index is 13.8. The lowest BCUT2D eigenvalue weighted by Crippen LogP contribution is -1.97. The van der Waals surface area contributed by atoms with E-state index in [0.29, 0.717) is 5.56 Å². The molecule has 5 nitrogen and oxygen atoms in total. The second-order valence-corrected chi connectivity index (χ2v) is 4.17. The molecule has 0 saturated carbocycles. The molecule has 2 rings (SSSR count). The van der Waals surface area contributed by atoms with E-state index in [1.807, 2.05) is 0 Å². The molecule has 0 atom stereocenters. The third kappa shape index (κ3) is 3.68. The van der Waals surface area contributed by atoms with Crippen molar-refractivity contribution in [2.24, 2.45) is 7.05 Å². The van der Waals surface area contributed by atoms with E-state index in [4.69, 9.17) is 9.84 Å². The summed E-state index contributed by atoms with van der Waals surface area (Å²) in [6.45, 7) is 0.217. The van der Waals surface area contributed by atoms with Crippen LogP contribution in [0.15, 0.2) is 36.7 Å². The second-order valence-electron chi connectivity index (χ2n) is 4.17. The summed E-state index contributed by atoms with van der Waals surface area (Å²) in [6, 6.07) is 4.27. The van der Waals surface area contributed by atoms with Crippen molar-refractivity contribution < 1.29 is 19.0 Å². The van der Waals surface area contributed by atoms with Gasteiger partial charge in [-0.25, -0.2) is 9.18 Å². The van der Waals surface area contributed by atoms with E-state index in [1.54, 1.807) is 30.2 Å². The van der Waals surface area contributed by atoms with Crippen LogP contribution in [0, 0.1) is 5.82 Å². The Morgan fingerprint density at radius 1 is 1.55 bits per heavy atom. The summed E-state index contributed by atoms with van der Waals surface area (Å²) in [4.78, 5) is 10.4. The van der Waals surface area contributed by atoms with E-state index >= 15 is 0 Å². The van der Waals surface area contributed by atoms with Gasteiger partial charge in [-0.3, -0.25) is 4.68 Å². The summed E-state index contributed by atoms with van der Waals surface area (Å²) in [7, 11) is 1.79. The molecule has 1 aromatic heterocycles. The summed E-state index contributed by atoms with van der Waals surface area (Å²) in [5.41, 5.74) is 1.29. The van der Waals surface area contributed by atoms with Crippen LogP contribution in [0.25, 0.3) is 6.08 Å². The van der Waals surface area contributed by atoms with Gasteiger partial charge in [0, 0.05) is 24.9 Å². The van der Waals surface area contributed by atoms with Crippen molar-refractivity contribution in [2.75, 3.05) is 0 Å². The molecule has 0 saturated heterocycles. The number of halogens is 1. The first-order valence-corrected chi connectivity index (χ1v) is 5.85. The molecule has 0 spiro atoms. The van der Waals surface area contributed by atoms with E-state index in [9.17, 15) is 9.18 Å². The molecule has 1 N–H and O–H groups in total. The molecule has 2 aromatic rings. The largest absolute Gasteiger partial charge is 0.486 e. The van der Waals surface area contributed by atoms with Crippen LogP contribution in [0.3, 0.4) is 0 Å². The van der Waals surface area contributed by atoms with Gasteiger partial charge < -0.3 is 9.84 Å². The number of rotatable bonds is 5. The van der Waals surface area contributed by atoms with E-state index in [-0.39, 0.29) is 12.4 Å². The highest BCUT2D eigenvalue weighted by Crippen LogP contribution is 2.20. The molecule has 20 heavy (non-hydrogen) atoms. The Kier molecular flexibility index (Phi) is 4.14. The molecular formula is C14H13FN2O3. The Labute approximate surface area is 114 Å². The number of hydrogen-bond acceptors (Lipinski definition) is 3. The van der Waals surface area contributed by atoms with E-state index < -0.39 is 11.8 Å². The lowest BCUT2D eigenvalue weighted by atomic mass is 10.2. The lowest BCUT2D eigenvalue weighted by molar-refractivity contribution is -0.131. The van der Waals surface area contributed by atoms with E-state index in [2.05, 4.69) is 5.10 Å². The van der Waals surface area contributed by atoms with Crippen molar-refractivity contribution in [1.82, 2.24) is 9.78 Å². The monoisotopic (exact) mass is 276 g/mol. The standard InChI is InChI=1S/C14H13FN2O3/c1-17-8-11(7-16-17)9-20-13-4-2-10(6-12(13)15)3-5-14(18)19/h2-8H,9H2,1H3,(H,18,19)/b5-3+. The SMILES string of the molecule is Cn1cc(COc2ccc(/C=C/C(=O)O)cc2F)cn1. The predicted octanol–water partition coefficient (Wildman–Crippen LogP) is 2.24. The number of hydrogen-bond donors (Lipinski definition) is 1. The van der Waals surface area contributed by atoms with Gasteiger partial charge in [0.25, 0.3) is 0 Å². The maximum absolute atomic E-state index is 13.8. The Bertz CT molecular complexity index is 650. The fourth-order valence-corrected chi connectivity index (χ4v) is 1.61. The topological polar surface area (TPSA) is 64.3 Å².